The minimum absolute atomic E-state index is 0.541. The van der Waals surface area contributed by atoms with Crippen molar-refractivity contribution in [3.63, 3.8) is 0 Å². The lowest BCUT2D eigenvalue weighted by Crippen LogP contribution is -1.94. The van der Waals surface area contributed by atoms with Gasteiger partial charge in [-0.25, -0.2) is 9.50 Å². The first kappa shape index (κ1) is 11.2. The molecule has 0 saturated carbocycles. The molecule has 0 atom stereocenters. The second-order valence-electron chi connectivity index (χ2n) is 3.93. The first-order valence-electron chi connectivity index (χ1n) is 5.46. The average Bonchev–Trinajstić information content (AvgIpc) is 2.82. The Kier molecular flexibility index (Phi) is 2.76. The molecular formula is C13H10BrN3O. The molecule has 18 heavy (non-hydrogen) atoms. The molecule has 0 spiro atoms. The Morgan fingerprint density at radius 1 is 1.22 bits per heavy atom. The van der Waals surface area contributed by atoms with Gasteiger partial charge in [0.1, 0.15) is 11.3 Å². The van der Waals surface area contributed by atoms with Crippen LogP contribution < -0.4 is 4.74 Å². The lowest BCUT2D eigenvalue weighted by molar-refractivity contribution is 0.462. The van der Waals surface area contributed by atoms with Crippen molar-refractivity contribution in [1.29, 1.82) is 0 Å². The van der Waals surface area contributed by atoms with Crippen molar-refractivity contribution in [2.24, 2.45) is 0 Å². The molecule has 0 fully saturated rings. The number of ether oxygens (including phenoxy) is 1. The summed E-state index contributed by atoms with van der Waals surface area (Å²) in [6.45, 7) is 2.03. The maximum Gasteiger partial charge on any atom is 0.245 e. The van der Waals surface area contributed by atoms with E-state index < -0.39 is 0 Å². The minimum Gasteiger partial charge on any atom is -0.436 e. The van der Waals surface area contributed by atoms with Crippen molar-refractivity contribution in [1.82, 2.24) is 14.6 Å². The van der Waals surface area contributed by atoms with E-state index in [1.54, 1.807) is 23.1 Å². The van der Waals surface area contributed by atoms with Gasteiger partial charge in [-0.1, -0.05) is 6.07 Å². The van der Waals surface area contributed by atoms with E-state index in [9.17, 15) is 0 Å². The smallest absolute Gasteiger partial charge is 0.245 e. The van der Waals surface area contributed by atoms with Gasteiger partial charge in [0, 0.05) is 12.4 Å². The van der Waals surface area contributed by atoms with Crippen molar-refractivity contribution in [3.8, 4) is 11.6 Å². The van der Waals surface area contributed by atoms with Crippen molar-refractivity contribution in [2.45, 2.75) is 6.92 Å². The number of aryl methyl sites for hydroxylation is 1. The molecule has 90 valence electrons. The van der Waals surface area contributed by atoms with Gasteiger partial charge in [-0.05, 0) is 46.6 Å². The number of benzene rings is 1. The summed E-state index contributed by atoms with van der Waals surface area (Å²) in [6.07, 6.45) is 5.16. The number of rotatable bonds is 2. The third-order valence-electron chi connectivity index (χ3n) is 2.58. The van der Waals surface area contributed by atoms with Gasteiger partial charge < -0.3 is 4.74 Å². The Balaban J connectivity index is 2.03. The van der Waals surface area contributed by atoms with Crippen LogP contribution in [0.2, 0.25) is 0 Å². The molecule has 5 heteroatoms. The van der Waals surface area contributed by atoms with E-state index in [-0.39, 0.29) is 0 Å². The van der Waals surface area contributed by atoms with Crippen LogP contribution in [-0.4, -0.2) is 14.6 Å². The molecule has 0 saturated heterocycles. The van der Waals surface area contributed by atoms with Gasteiger partial charge in [0.05, 0.1) is 10.7 Å². The van der Waals surface area contributed by atoms with Gasteiger partial charge in [0.25, 0.3) is 0 Å². The van der Waals surface area contributed by atoms with Crippen molar-refractivity contribution >= 4 is 21.4 Å². The van der Waals surface area contributed by atoms with Crippen LogP contribution in [0.5, 0.6) is 11.6 Å². The van der Waals surface area contributed by atoms with E-state index in [0.717, 1.165) is 15.7 Å². The molecule has 4 nitrogen and oxygen atoms in total. The maximum atomic E-state index is 5.82. The molecule has 2 heterocycles. The zero-order valence-electron chi connectivity index (χ0n) is 9.67. The van der Waals surface area contributed by atoms with Crippen LogP contribution in [0.25, 0.3) is 5.52 Å². The molecule has 0 aliphatic rings. The molecule has 0 aliphatic heterocycles. The zero-order chi connectivity index (χ0) is 12.5. The molecule has 0 bridgehead atoms. The predicted molar refractivity (Wildman–Crippen MR) is 71.9 cm³/mol. The molecule has 0 aliphatic carbocycles. The van der Waals surface area contributed by atoms with Crippen LogP contribution in [0.3, 0.4) is 0 Å². The fourth-order valence-corrected chi connectivity index (χ4v) is 2.28. The van der Waals surface area contributed by atoms with E-state index in [4.69, 9.17) is 4.74 Å². The maximum absolute atomic E-state index is 5.82. The Morgan fingerprint density at radius 2 is 2.11 bits per heavy atom. The van der Waals surface area contributed by atoms with Crippen LogP contribution in [0, 0.1) is 6.92 Å². The largest absolute Gasteiger partial charge is 0.436 e. The minimum atomic E-state index is 0.541. The molecule has 0 radical (unpaired) electrons. The molecule has 1 aromatic carbocycles. The average molecular weight is 304 g/mol. The van der Waals surface area contributed by atoms with Crippen LogP contribution in [0.1, 0.15) is 5.56 Å². The fourth-order valence-electron chi connectivity index (χ4n) is 1.70. The van der Waals surface area contributed by atoms with Crippen LogP contribution in [-0.2, 0) is 0 Å². The SMILES string of the molecule is Cc1ccc(Oc2nccn3nccc23)c(Br)c1. The molecule has 0 amide bonds. The summed E-state index contributed by atoms with van der Waals surface area (Å²) in [4.78, 5) is 4.23. The molecule has 0 N–H and O–H groups in total. The van der Waals surface area contributed by atoms with Crippen LogP contribution in [0.15, 0.2) is 47.3 Å². The van der Waals surface area contributed by atoms with Crippen LogP contribution in [0.4, 0.5) is 0 Å². The van der Waals surface area contributed by atoms with E-state index in [2.05, 4.69) is 26.0 Å². The standard InChI is InChI=1S/C13H10BrN3O/c1-9-2-3-12(10(14)8-9)18-13-11-4-5-16-17(11)7-6-15-13/h2-8H,1H3. The number of hydrogen-bond donors (Lipinski definition) is 0. The Hall–Kier alpha value is -1.88. The molecule has 2 aromatic heterocycles. The van der Waals surface area contributed by atoms with Gasteiger partial charge in [-0.15, -0.1) is 0 Å². The van der Waals surface area contributed by atoms with Crippen molar-refractivity contribution in [2.75, 3.05) is 0 Å². The summed E-state index contributed by atoms with van der Waals surface area (Å²) in [5.41, 5.74) is 2.01. The van der Waals surface area contributed by atoms with Crippen LogP contribution >= 0.6 is 15.9 Å². The first-order valence-corrected chi connectivity index (χ1v) is 6.26. The molecule has 3 aromatic rings. The summed E-state index contributed by atoms with van der Waals surface area (Å²) in [6, 6.07) is 7.79. The number of halogens is 1. The number of aromatic nitrogens is 3. The van der Waals surface area contributed by atoms with Gasteiger partial charge >= 0.3 is 0 Å². The van der Waals surface area contributed by atoms with Gasteiger partial charge in [-0.2, -0.15) is 5.10 Å². The predicted octanol–water partition coefficient (Wildman–Crippen LogP) is 3.59. The summed E-state index contributed by atoms with van der Waals surface area (Å²) in [5.74, 6) is 1.28. The number of nitrogens with zero attached hydrogens (tertiary/aromatic N) is 3. The first-order chi connectivity index (χ1) is 8.74. The van der Waals surface area contributed by atoms with E-state index in [1.807, 2.05) is 31.2 Å². The summed E-state index contributed by atoms with van der Waals surface area (Å²) < 4.78 is 8.45. The number of hydrogen-bond acceptors (Lipinski definition) is 3. The third kappa shape index (κ3) is 1.97. The summed E-state index contributed by atoms with van der Waals surface area (Å²) in [7, 11) is 0. The molecule has 0 unspecified atom stereocenters. The second-order valence-corrected chi connectivity index (χ2v) is 4.78. The molecule has 3 rings (SSSR count). The third-order valence-corrected chi connectivity index (χ3v) is 3.20. The summed E-state index contributed by atoms with van der Waals surface area (Å²) >= 11 is 3.48. The van der Waals surface area contributed by atoms with E-state index in [0.29, 0.717) is 5.88 Å². The highest BCUT2D eigenvalue weighted by Gasteiger charge is 2.08. The zero-order valence-corrected chi connectivity index (χ0v) is 11.3. The second kappa shape index (κ2) is 4.42. The lowest BCUT2D eigenvalue weighted by atomic mass is 10.2. The normalized spacial score (nSPS) is 10.8. The van der Waals surface area contributed by atoms with E-state index in [1.165, 1.54) is 5.56 Å². The van der Waals surface area contributed by atoms with Gasteiger partial charge in [-0.3, -0.25) is 0 Å². The van der Waals surface area contributed by atoms with Gasteiger partial charge in [0.2, 0.25) is 5.88 Å². The van der Waals surface area contributed by atoms with E-state index >= 15 is 0 Å². The Morgan fingerprint density at radius 3 is 2.94 bits per heavy atom. The molecular weight excluding hydrogens is 294 g/mol. The van der Waals surface area contributed by atoms with Crippen molar-refractivity contribution < 1.29 is 4.74 Å². The quantitative estimate of drug-likeness (QED) is 0.726. The number of fused-ring (bicyclic) bond motifs is 1. The topological polar surface area (TPSA) is 39.4 Å². The fraction of sp³-hybridized carbons (Fsp3) is 0.0769. The Bertz CT molecular complexity index is 708. The highest BCUT2D eigenvalue weighted by molar-refractivity contribution is 9.10. The lowest BCUT2D eigenvalue weighted by Gasteiger charge is -2.08. The highest BCUT2D eigenvalue weighted by atomic mass is 79.9. The van der Waals surface area contributed by atoms with Crippen molar-refractivity contribution in [3.05, 3.63) is 52.9 Å². The highest BCUT2D eigenvalue weighted by Crippen LogP contribution is 2.31. The van der Waals surface area contributed by atoms with Gasteiger partial charge in [0.15, 0.2) is 0 Å². The Labute approximate surface area is 112 Å². The summed E-state index contributed by atoms with van der Waals surface area (Å²) in [5, 5.41) is 4.14. The monoisotopic (exact) mass is 303 g/mol.